The van der Waals surface area contributed by atoms with E-state index >= 15 is 0 Å². The van der Waals surface area contributed by atoms with Gasteiger partial charge in [0.25, 0.3) is 0 Å². The molecule has 0 radical (unpaired) electrons. The number of ketones is 2. The van der Waals surface area contributed by atoms with E-state index in [-0.39, 0.29) is 42.2 Å². The summed E-state index contributed by atoms with van der Waals surface area (Å²) in [5, 5.41) is 8.74. The zero-order valence-electron chi connectivity index (χ0n) is 18.4. The normalized spacial score (nSPS) is 26.5. The van der Waals surface area contributed by atoms with Crippen molar-refractivity contribution in [3.8, 4) is 0 Å². The van der Waals surface area contributed by atoms with E-state index in [4.69, 9.17) is 26.2 Å². The number of rotatable bonds is 15. The molecule has 0 aromatic heterocycles. The van der Waals surface area contributed by atoms with Gasteiger partial charge >= 0.3 is 5.97 Å². The van der Waals surface area contributed by atoms with Crippen molar-refractivity contribution >= 4 is 29.1 Å². The number of carboxylic acids is 1. The van der Waals surface area contributed by atoms with Gasteiger partial charge in [0, 0.05) is 43.6 Å². The maximum absolute atomic E-state index is 12.8. The van der Waals surface area contributed by atoms with Gasteiger partial charge in [-0.3, -0.25) is 14.4 Å². The summed E-state index contributed by atoms with van der Waals surface area (Å²) < 4.78 is 11.9. The average Bonchev–Trinajstić information content (AvgIpc) is 3.03. The van der Waals surface area contributed by atoms with Crippen LogP contribution >= 0.6 is 11.6 Å². The Labute approximate surface area is 190 Å². The van der Waals surface area contributed by atoms with Crippen molar-refractivity contribution < 1.29 is 29.0 Å². The summed E-state index contributed by atoms with van der Waals surface area (Å²) in [7, 11) is 0. The van der Waals surface area contributed by atoms with Crippen LogP contribution in [0.15, 0.2) is 12.2 Å². The van der Waals surface area contributed by atoms with E-state index in [1.165, 1.54) is 0 Å². The molecule has 0 aromatic carbocycles. The molecule has 1 saturated heterocycles. The third kappa shape index (κ3) is 9.84. The Morgan fingerprint density at radius 2 is 1.87 bits per heavy atom. The van der Waals surface area contributed by atoms with Gasteiger partial charge in [0.05, 0.1) is 6.10 Å². The van der Waals surface area contributed by atoms with Crippen molar-refractivity contribution in [2.24, 2.45) is 11.8 Å². The molecule has 2 aliphatic rings. The number of ether oxygens (including phenoxy) is 2. The highest BCUT2D eigenvalue weighted by Gasteiger charge is 2.42. The van der Waals surface area contributed by atoms with E-state index in [9.17, 15) is 14.4 Å². The van der Waals surface area contributed by atoms with Gasteiger partial charge in [-0.05, 0) is 51.0 Å². The molecule has 176 valence electrons. The van der Waals surface area contributed by atoms with E-state index in [0.29, 0.717) is 31.7 Å². The van der Waals surface area contributed by atoms with Gasteiger partial charge < -0.3 is 14.6 Å². The van der Waals surface area contributed by atoms with E-state index in [0.717, 1.165) is 57.8 Å². The fourth-order valence-electron chi connectivity index (χ4n) is 4.41. The average molecular weight is 457 g/mol. The van der Waals surface area contributed by atoms with Crippen LogP contribution in [0.25, 0.3) is 0 Å². The Kier molecular flexibility index (Phi) is 12.4. The molecular formula is C24H37ClO6. The quantitative estimate of drug-likeness (QED) is 0.210. The van der Waals surface area contributed by atoms with E-state index in [2.05, 4.69) is 0 Å². The lowest BCUT2D eigenvalue weighted by Gasteiger charge is -2.28. The van der Waals surface area contributed by atoms with Crippen LogP contribution in [0.1, 0.15) is 83.5 Å². The number of hydrogen-bond acceptors (Lipinski definition) is 5. The SMILES string of the molecule is O=C(O)CCCCCC[C@@H]1C(=O)C[C@@H](OC2CCCCO2)[C@@H]1C=CC(=O)CCCCCl. The largest absolute Gasteiger partial charge is 0.481 e. The molecule has 2 rings (SSSR count). The molecule has 1 aliphatic heterocycles. The first kappa shape index (κ1) is 26.0. The van der Waals surface area contributed by atoms with Crippen LogP contribution < -0.4 is 0 Å². The van der Waals surface area contributed by atoms with Crippen LogP contribution in [0, 0.1) is 11.8 Å². The first-order valence-electron chi connectivity index (χ1n) is 11.8. The molecule has 1 unspecified atom stereocenters. The number of aliphatic carboxylic acids is 1. The number of Topliss-reactive ketones (excluding diaryl/α,β-unsaturated/α-hetero) is 1. The van der Waals surface area contributed by atoms with Crippen LogP contribution in [0.3, 0.4) is 0 Å². The second-order valence-corrected chi connectivity index (χ2v) is 9.02. The van der Waals surface area contributed by atoms with Crippen molar-refractivity contribution in [1.82, 2.24) is 0 Å². The number of halogens is 1. The Bertz CT molecular complexity index is 599. The molecular weight excluding hydrogens is 420 g/mol. The Morgan fingerprint density at radius 3 is 2.58 bits per heavy atom. The molecule has 0 aromatic rings. The molecule has 6 nitrogen and oxygen atoms in total. The molecule has 7 heteroatoms. The standard InChI is InChI=1S/C24H37ClO6/c25-15-7-5-9-18(26)13-14-20-19(10-3-1-2-4-11-23(28)29)21(27)17-22(20)31-24-12-6-8-16-30-24/h13-14,19-20,22,24H,1-12,15-17H2,(H,28,29)/t19-,20+,22+,24?/m0/s1. The lowest BCUT2D eigenvalue weighted by Crippen LogP contribution is -2.30. The highest BCUT2D eigenvalue weighted by Crippen LogP contribution is 2.37. The monoisotopic (exact) mass is 456 g/mol. The van der Waals surface area contributed by atoms with Gasteiger partial charge in [0.2, 0.25) is 0 Å². The van der Waals surface area contributed by atoms with Gasteiger partial charge in [-0.2, -0.15) is 0 Å². The second kappa shape index (κ2) is 14.8. The minimum atomic E-state index is -0.767. The van der Waals surface area contributed by atoms with Crippen molar-refractivity contribution in [2.75, 3.05) is 12.5 Å². The third-order valence-corrected chi connectivity index (χ3v) is 6.41. The van der Waals surface area contributed by atoms with Crippen molar-refractivity contribution in [2.45, 2.75) is 95.9 Å². The number of carboxylic acid groups (broad SMARTS) is 1. The molecule has 0 amide bonds. The van der Waals surface area contributed by atoms with Gasteiger partial charge in [-0.1, -0.05) is 25.3 Å². The number of unbranched alkanes of at least 4 members (excludes halogenated alkanes) is 4. The van der Waals surface area contributed by atoms with E-state index < -0.39 is 5.97 Å². The topological polar surface area (TPSA) is 89.9 Å². The first-order valence-corrected chi connectivity index (χ1v) is 12.3. The van der Waals surface area contributed by atoms with Crippen LogP contribution in [0.2, 0.25) is 0 Å². The summed E-state index contributed by atoms with van der Waals surface area (Å²) in [6.07, 6.45) is 12.6. The maximum atomic E-state index is 12.8. The summed E-state index contributed by atoms with van der Waals surface area (Å²) >= 11 is 5.68. The number of allylic oxidation sites excluding steroid dienone is 1. The highest BCUT2D eigenvalue weighted by molar-refractivity contribution is 6.17. The van der Waals surface area contributed by atoms with E-state index in [1.807, 2.05) is 6.08 Å². The summed E-state index contributed by atoms with van der Waals surface area (Å²) in [5.41, 5.74) is 0. The summed E-state index contributed by atoms with van der Waals surface area (Å²) in [5.74, 6) is -0.231. The summed E-state index contributed by atoms with van der Waals surface area (Å²) in [4.78, 5) is 35.6. The van der Waals surface area contributed by atoms with Crippen LogP contribution in [-0.4, -0.2) is 47.5 Å². The van der Waals surface area contributed by atoms with Gasteiger partial charge in [0.1, 0.15) is 5.78 Å². The first-order chi connectivity index (χ1) is 15.0. The molecule has 2 fully saturated rings. The van der Waals surface area contributed by atoms with Crippen molar-refractivity contribution in [3.05, 3.63) is 12.2 Å². The lowest BCUT2D eigenvalue weighted by molar-refractivity contribution is -0.192. The fraction of sp³-hybridized carbons (Fsp3) is 0.792. The molecule has 1 aliphatic carbocycles. The second-order valence-electron chi connectivity index (χ2n) is 8.64. The Balaban J connectivity index is 1.92. The predicted molar refractivity (Wildman–Crippen MR) is 119 cm³/mol. The zero-order valence-corrected chi connectivity index (χ0v) is 19.2. The molecule has 4 atom stereocenters. The lowest BCUT2D eigenvalue weighted by atomic mass is 9.88. The van der Waals surface area contributed by atoms with E-state index in [1.54, 1.807) is 6.08 Å². The van der Waals surface area contributed by atoms with Gasteiger partial charge in [0.15, 0.2) is 12.1 Å². The molecule has 1 saturated carbocycles. The van der Waals surface area contributed by atoms with Crippen LogP contribution in [0.4, 0.5) is 0 Å². The van der Waals surface area contributed by atoms with Crippen LogP contribution in [-0.2, 0) is 23.9 Å². The van der Waals surface area contributed by atoms with Crippen molar-refractivity contribution in [1.29, 1.82) is 0 Å². The van der Waals surface area contributed by atoms with Gasteiger partial charge in [-0.25, -0.2) is 0 Å². The molecule has 1 N–H and O–H groups in total. The molecule has 0 bridgehead atoms. The number of hydrogen-bond donors (Lipinski definition) is 1. The smallest absolute Gasteiger partial charge is 0.303 e. The number of carbonyl (C=O) groups excluding carboxylic acids is 2. The number of carbonyl (C=O) groups is 3. The Morgan fingerprint density at radius 1 is 1.10 bits per heavy atom. The predicted octanol–water partition coefficient (Wildman–Crippen LogP) is 5.06. The third-order valence-electron chi connectivity index (χ3n) is 6.14. The highest BCUT2D eigenvalue weighted by atomic mass is 35.5. The minimum absolute atomic E-state index is 0.0598. The van der Waals surface area contributed by atoms with Crippen LogP contribution in [0.5, 0.6) is 0 Å². The summed E-state index contributed by atoms with van der Waals surface area (Å²) in [6.45, 7) is 0.685. The summed E-state index contributed by atoms with van der Waals surface area (Å²) in [6, 6.07) is 0. The maximum Gasteiger partial charge on any atom is 0.303 e. The Hall–Kier alpha value is -1.24. The van der Waals surface area contributed by atoms with Crippen molar-refractivity contribution in [3.63, 3.8) is 0 Å². The number of alkyl halides is 1. The molecule has 1 heterocycles. The van der Waals surface area contributed by atoms with Gasteiger partial charge in [-0.15, -0.1) is 11.6 Å². The molecule has 0 spiro atoms. The minimum Gasteiger partial charge on any atom is -0.481 e. The molecule has 31 heavy (non-hydrogen) atoms. The fourth-order valence-corrected chi connectivity index (χ4v) is 4.60. The zero-order chi connectivity index (χ0) is 22.5.